The fraction of sp³-hybridized carbons (Fsp3) is 0.156. The van der Waals surface area contributed by atoms with Gasteiger partial charge in [0.25, 0.3) is 0 Å². The van der Waals surface area contributed by atoms with Gasteiger partial charge in [0.1, 0.15) is 17.1 Å². The predicted octanol–water partition coefficient (Wildman–Crippen LogP) is 8.01. The number of aryl methyl sites for hydroxylation is 1. The summed E-state index contributed by atoms with van der Waals surface area (Å²) in [7, 11) is 1.65. The molecule has 0 atom stereocenters. The lowest BCUT2D eigenvalue weighted by Gasteiger charge is -2.15. The summed E-state index contributed by atoms with van der Waals surface area (Å²) in [6.07, 6.45) is 3.39. The summed E-state index contributed by atoms with van der Waals surface area (Å²) in [6, 6.07) is 23.8. The molecule has 1 aromatic heterocycles. The van der Waals surface area contributed by atoms with Crippen LogP contribution in [0.5, 0.6) is 11.5 Å². The molecule has 5 heteroatoms. The van der Waals surface area contributed by atoms with Crippen LogP contribution in [-0.4, -0.2) is 19.6 Å². The first kappa shape index (κ1) is 24.2. The zero-order valence-corrected chi connectivity index (χ0v) is 21.4. The maximum atomic E-state index is 13.1. The number of carbonyl (C=O) groups is 1. The molecule has 5 aromatic rings. The molecular weight excluding hydrogens is 462 g/mol. The van der Waals surface area contributed by atoms with Gasteiger partial charge in [-0.1, -0.05) is 48.5 Å². The molecule has 186 valence electrons. The van der Waals surface area contributed by atoms with Gasteiger partial charge in [0.15, 0.2) is 0 Å². The smallest absolute Gasteiger partial charge is 0.248 e. The van der Waals surface area contributed by atoms with Crippen molar-refractivity contribution in [3.63, 3.8) is 0 Å². The van der Waals surface area contributed by atoms with Crippen LogP contribution in [0, 0.1) is 6.92 Å². The summed E-state index contributed by atoms with van der Waals surface area (Å²) in [5.74, 6) is 1.32. The first-order valence-corrected chi connectivity index (χ1v) is 12.3. The van der Waals surface area contributed by atoms with E-state index in [2.05, 4.69) is 5.32 Å². The van der Waals surface area contributed by atoms with Crippen LogP contribution in [0.25, 0.3) is 38.4 Å². The van der Waals surface area contributed by atoms with Crippen molar-refractivity contribution in [2.24, 2.45) is 0 Å². The number of carbonyl (C=O) groups excluding carboxylic acids is 1. The molecule has 37 heavy (non-hydrogen) atoms. The van der Waals surface area contributed by atoms with Gasteiger partial charge in [-0.2, -0.15) is 0 Å². The van der Waals surface area contributed by atoms with Gasteiger partial charge in [-0.25, -0.2) is 0 Å². The molecule has 4 aromatic carbocycles. The van der Waals surface area contributed by atoms with Crippen molar-refractivity contribution in [1.82, 2.24) is 0 Å². The summed E-state index contributed by atoms with van der Waals surface area (Å²) < 4.78 is 17.4. The molecule has 0 aliphatic carbocycles. The lowest BCUT2D eigenvalue weighted by atomic mass is 9.96. The first-order chi connectivity index (χ1) is 18.0. The number of amides is 1. The van der Waals surface area contributed by atoms with Crippen molar-refractivity contribution in [2.75, 3.05) is 19.0 Å². The van der Waals surface area contributed by atoms with Crippen LogP contribution in [0.2, 0.25) is 0 Å². The van der Waals surface area contributed by atoms with Gasteiger partial charge in [0.2, 0.25) is 5.91 Å². The molecule has 0 bridgehead atoms. The highest BCUT2D eigenvalue weighted by Crippen LogP contribution is 2.41. The Morgan fingerprint density at radius 3 is 2.51 bits per heavy atom. The monoisotopic (exact) mass is 491 g/mol. The second kappa shape index (κ2) is 10.2. The van der Waals surface area contributed by atoms with Crippen molar-refractivity contribution in [2.45, 2.75) is 20.8 Å². The quantitative estimate of drug-likeness (QED) is 0.234. The van der Waals surface area contributed by atoms with Gasteiger partial charge in [0, 0.05) is 39.2 Å². The third-order valence-electron chi connectivity index (χ3n) is 6.55. The normalized spacial score (nSPS) is 11.6. The molecule has 0 aliphatic heterocycles. The number of benzene rings is 4. The standard InChI is InChI=1S/C32H29NO4/c1-5-36-31-21(3)32-27(28(19-37-32)23-13-15-24(35-4)16-14-23)18-26(31)20(2)17-30(34)33-29-12-8-10-22-9-6-7-11-25(22)29/h6-19H,5H2,1-4H3,(H,33,34)/b20-17+. The van der Waals surface area contributed by atoms with Crippen molar-refractivity contribution < 1.29 is 18.7 Å². The molecule has 0 saturated carbocycles. The summed E-state index contributed by atoms with van der Waals surface area (Å²) in [6.45, 7) is 6.37. The number of hydrogen-bond acceptors (Lipinski definition) is 4. The number of allylic oxidation sites excluding steroid dienone is 1. The largest absolute Gasteiger partial charge is 0.497 e. The Bertz CT molecular complexity index is 1620. The fourth-order valence-electron chi connectivity index (χ4n) is 4.71. The Morgan fingerprint density at radius 2 is 1.76 bits per heavy atom. The maximum absolute atomic E-state index is 13.1. The lowest BCUT2D eigenvalue weighted by molar-refractivity contribution is -0.111. The molecule has 5 nitrogen and oxygen atoms in total. The molecule has 5 rings (SSSR count). The van der Waals surface area contributed by atoms with Crippen LogP contribution >= 0.6 is 0 Å². The van der Waals surface area contributed by atoms with E-state index in [-0.39, 0.29) is 5.91 Å². The second-order valence-corrected chi connectivity index (χ2v) is 8.91. The summed E-state index contributed by atoms with van der Waals surface area (Å²) >= 11 is 0. The number of furan rings is 1. The van der Waals surface area contributed by atoms with Crippen LogP contribution in [0.3, 0.4) is 0 Å². The second-order valence-electron chi connectivity index (χ2n) is 8.91. The van der Waals surface area contributed by atoms with Gasteiger partial charge in [-0.15, -0.1) is 0 Å². The topological polar surface area (TPSA) is 60.7 Å². The minimum atomic E-state index is -0.198. The third kappa shape index (κ3) is 4.68. The van der Waals surface area contributed by atoms with Crippen LogP contribution in [0.4, 0.5) is 5.69 Å². The van der Waals surface area contributed by atoms with Crippen molar-refractivity contribution in [3.8, 4) is 22.6 Å². The Morgan fingerprint density at radius 1 is 1.00 bits per heavy atom. The van der Waals surface area contributed by atoms with E-state index in [1.807, 2.05) is 93.6 Å². The number of rotatable bonds is 7. The average Bonchev–Trinajstić information content (AvgIpc) is 3.34. The van der Waals surface area contributed by atoms with E-state index in [1.54, 1.807) is 19.4 Å². The summed E-state index contributed by atoms with van der Waals surface area (Å²) in [5.41, 5.74) is 6.09. The van der Waals surface area contributed by atoms with Crippen molar-refractivity contribution in [1.29, 1.82) is 0 Å². The predicted molar refractivity (Wildman–Crippen MR) is 150 cm³/mol. The van der Waals surface area contributed by atoms with Crippen LogP contribution in [0.1, 0.15) is 25.0 Å². The van der Waals surface area contributed by atoms with Crippen molar-refractivity contribution in [3.05, 3.63) is 96.3 Å². The molecule has 1 N–H and O–H groups in total. The van der Waals surface area contributed by atoms with E-state index in [4.69, 9.17) is 13.9 Å². The Hall–Kier alpha value is -4.51. The number of ether oxygens (including phenoxy) is 2. The Kier molecular flexibility index (Phi) is 6.69. The minimum Gasteiger partial charge on any atom is -0.497 e. The minimum absolute atomic E-state index is 0.198. The van der Waals surface area contributed by atoms with Gasteiger partial charge < -0.3 is 19.2 Å². The van der Waals surface area contributed by atoms with Crippen LogP contribution in [-0.2, 0) is 4.79 Å². The zero-order valence-electron chi connectivity index (χ0n) is 21.4. The van der Waals surface area contributed by atoms with E-state index in [1.165, 1.54) is 0 Å². The van der Waals surface area contributed by atoms with E-state index in [0.29, 0.717) is 6.61 Å². The van der Waals surface area contributed by atoms with E-state index >= 15 is 0 Å². The fourth-order valence-corrected chi connectivity index (χ4v) is 4.71. The summed E-state index contributed by atoms with van der Waals surface area (Å²) in [5, 5.41) is 6.08. The van der Waals surface area contributed by atoms with Gasteiger partial charge in [-0.3, -0.25) is 4.79 Å². The zero-order chi connectivity index (χ0) is 25.9. The average molecular weight is 492 g/mol. The molecule has 0 fully saturated rings. The highest BCUT2D eigenvalue weighted by atomic mass is 16.5. The Balaban J connectivity index is 1.55. The van der Waals surface area contributed by atoms with Crippen LogP contribution in [0.15, 0.2) is 89.6 Å². The Labute approximate surface area is 216 Å². The third-order valence-corrected chi connectivity index (χ3v) is 6.55. The number of methoxy groups -OCH3 is 1. The van der Waals surface area contributed by atoms with Gasteiger partial charge in [0.05, 0.1) is 20.0 Å². The molecule has 0 spiro atoms. The van der Waals surface area contributed by atoms with E-state index in [0.717, 1.165) is 66.8 Å². The SMILES string of the molecule is CCOc1c(/C(C)=C/C(=O)Nc2cccc3ccccc23)cc2c(-c3ccc(OC)cc3)coc2c1C. The highest BCUT2D eigenvalue weighted by molar-refractivity contribution is 6.09. The lowest BCUT2D eigenvalue weighted by Crippen LogP contribution is -2.09. The number of nitrogens with one attached hydrogen (secondary N) is 1. The molecule has 0 radical (unpaired) electrons. The van der Waals surface area contributed by atoms with Crippen LogP contribution < -0.4 is 14.8 Å². The molecular formula is C32H29NO4. The number of hydrogen-bond donors (Lipinski definition) is 1. The van der Waals surface area contributed by atoms with Gasteiger partial charge in [-0.05, 0) is 61.6 Å². The van der Waals surface area contributed by atoms with E-state index < -0.39 is 0 Å². The van der Waals surface area contributed by atoms with Crippen molar-refractivity contribution >= 4 is 38.9 Å². The molecule has 0 aliphatic rings. The molecule has 1 heterocycles. The summed E-state index contributed by atoms with van der Waals surface area (Å²) in [4.78, 5) is 13.1. The highest BCUT2D eigenvalue weighted by Gasteiger charge is 2.19. The number of fused-ring (bicyclic) bond motifs is 2. The molecule has 0 unspecified atom stereocenters. The van der Waals surface area contributed by atoms with Gasteiger partial charge >= 0.3 is 0 Å². The van der Waals surface area contributed by atoms with E-state index in [9.17, 15) is 4.79 Å². The first-order valence-electron chi connectivity index (χ1n) is 12.3. The maximum Gasteiger partial charge on any atom is 0.248 e. The molecule has 1 amide bonds. The number of anilines is 1. The molecule has 0 saturated heterocycles.